The Morgan fingerprint density at radius 1 is 1.19 bits per heavy atom. The van der Waals surface area contributed by atoms with Crippen LogP contribution >= 0.6 is 0 Å². The number of ether oxygens (including phenoxy) is 1. The molecule has 0 saturated heterocycles. The van der Waals surface area contributed by atoms with Crippen LogP contribution in [0.3, 0.4) is 0 Å². The van der Waals surface area contributed by atoms with Crippen molar-refractivity contribution < 1.29 is 14.3 Å². The Labute approximate surface area is 155 Å². The number of methoxy groups -OCH3 is 1. The lowest BCUT2D eigenvalue weighted by Gasteiger charge is -2.24. The predicted octanol–water partition coefficient (Wildman–Crippen LogP) is 3.14. The van der Waals surface area contributed by atoms with Crippen LogP contribution in [0.2, 0.25) is 0 Å². The number of hydrogen-bond acceptors (Lipinski definition) is 4. The third-order valence-corrected chi connectivity index (χ3v) is 4.47. The molecule has 1 atom stereocenters. The van der Waals surface area contributed by atoms with Crippen molar-refractivity contribution in [2.45, 2.75) is 39.7 Å². The zero-order valence-corrected chi connectivity index (χ0v) is 16.0. The Bertz CT molecular complexity index is 786. The highest BCUT2D eigenvalue weighted by atomic mass is 16.5. The molecule has 2 rings (SSSR count). The fraction of sp³-hybridized carbons (Fsp3) is 0.429. The fourth-order valence-corrected chi connectivity index (χ4v) is 3.13. The van der Waals surface area contributed by atoms with Gasteiger partial charge < -0.3 is 10.5 Å². The number of rotatable bonds is 7. The van der Waals surface area contributed by atoms with Crippen molar-refractivity contribution in [3.8, 4) is 5.75 Å². The van der Waals surface area contributed by atoms with E-state index < -0.39 is 6.04 Å². The van der Waals surface area contributed by atoms with E-state index in [4.69, 9.17) is 10.5 Å². The van der Waals surface area contributed by atoms with Gasteiger partial charge in [0, 0.05) is 13.5 Å². The van der Waals surface area contributed by atoms with Gasteiger partial charge in [-0.25, -0.2) is 0 Å². The molecular weight excluding hydrogens is 328 g/mol. The van der Waals surface area contributed by atoms with Crippen molar-refractivity contribution in [1.82, 2.24) is 4.90 Å². The quantitative estimate of drug-likeness (QED) is 0.827. The summed E-state index contributed by atoms with van der Waals surface area (Å²) in [4.78, 5) is 25.8. The lowest BCUT2D eigenvalue weighted by atomic mass is 10.0. The molecule has 140 valence electrons. The zero-order chi connectivity index (χ0) is 19.3. The molecule has 5 nitrogen and oxygen atoms in total. The number of amides is 2. The molecule has 2 aromatic carbocycles. The van der Waals surface area contributed by atoms with Crippen molar-refractivity contribution in [2.24, 2.45) is 11.7 Å². The average Bonchev–Trinajstić information content (AvgIpc) is 2.60. The van der Waals surface area contributed by atoms with Crippen LogP contribution in [0.1, 0.15) is 32.8 Å². The maximum absolute atomic E-state index is 12.6. The molecule has 2 N–H and O–H groups in total. The van der Waals surface area contributed by atoms with Gasteiger partial charge in [0.25, 0.3) is 0 Å². The maximum Gasteiger partial charge on any atom is 0.246 e. The van der Waals surface area contributed by atoms with E-state index in [-0.39, 0.29) is 11.8 Å². The van der Waals surface area contributed by atoms with Gasteiger partial charge in [0.15, 0.2) is 0 Å². The summed E-state index contributed by atoms with van der Waals surface area (Å²) in [6.07, 6.45) is 1.14. The second kappa shape index (κ2) is 8.81. The first-order chi connectivity index (χ1) is 12.3. The minimum Gasteiger partial charge on any atom is -0.497 e. The summed E-state index contributed by atoms with van der Waals surface area (Å²) >= 11 is 0. The first-order valence-electron chi connectivity index (χ1n) is 8.96. The zero-order valence-electron chi connectivity index (χ0n) is 16.0. The van der Waals surface area contributed by atoms with Gasteiger partial charge in [0.2, 0.25) is 11.8 Å². The average molecular weight is 356 g/mol. The van der Waals surface area contributed by atoms with Gasteiger partial charge in [-0.05, 0) is 47.2 Å². The first kappa shape index (κ1) is 19.9. The second-order valence-corrected chi connectivity index (χ2v) is 7.00. The summed E-state index contributed by atoms with van der Waals surface area (Å²) < 4.78 is 5.31. The number of benzene rings is 2. The molecule has 0 aliphatic carbocycles. The monoisotopic (exact) mass is 356 g/mol. The fourth-order valence-electron chi connectivity index (χ4n) is 3.13. The van der Waals surface area contributed by atoms with Crippen LogP contribution in [-0.2, 0) is 16.0 Å². The molecule has 26 heavy (non-hydrogen) atoms. The van der Waals surface area contributed by atoms with Crippen molar-refractivity contribution in [3.05, 3.63) is 42.0 Å². The molecule has 0 saturated carbocycles. The SMILES string of the molecule is COc1ccc2cccc(CCN(C(C)=O)C(=O)C(N)CC(C)C)c2c1. The third-order valence-electron chi connectivity index (χ3n) is 4.47. The van der Waals surface area contributed by atoms with E-state index >= 15 is 0 Å². The van der Waals surface area contributed by atoms with Gasteiger partial charge in [0.05, 0.1) is 13.2 Å². The standard InChI is InChI=1S/C21H28N2O3/c1-14(2)12-20(22)21(25)23(15(3)24)11-10-17-7-5-6-16-8-9-18(26-4)13-19(16)17/h5-9,13-14,20H,10-12,22H2,1-4H3. The number of nitrogens with two attached hydrogens (primary N) is 1. The first-order valence-corrected chi connectivity index (χ1v) is 8.96. The van der Waals surface area contributed by atoms with Crippen LogP contribution in [0.25, 0.3) is 10.8 Å². The summed E-state index contributed by atoms with van der Waals surface area (Å²) in [5, 5.41) is 2.16. The van der Waals surface area contributed by atoms with Crippen LogP contribution in [0.5, 0.6) is 5.75 Å². The molecule has 0 aliphatic rings. The number of imide groups is 1. The molecule has 0 fully saturated rings. The smallest absolute Gasteiger partial charge is 0.246 e. The number of fused-ring (bicyclic) bond motifs is 1. The third kappa shape index (κ3) is 4.82. The van der Waals surface area contributed by atoms with E-state index in [2.05, 4.69) is 0 Å². The molecular formula is C21H28N2O3. The topological polar surface area (TPSA) is 72.6 Å². The van der Waals surface area contributed by atoms with Gasteiger partial charge in [-0.1, -0.05) is 38.1 Å². The molecule has 5 heteroatoms. The second-order valence-electron chi connectivity index (χ2n) is 7.00. The Kier molecular flexibility index (Phi) is 6.75. The number of hydrogen-bond donors (Lipinski definition) is 1. The Morgan fingerprint density at radius 2 is 1.92 bits per heavy atom. The van der Waals surface area contributed by atoms with E-state index in [9.17, 15) is 9.59 Å². The van der Waals surface area contributed by atoms with Crippen molar-refractivity contribution in [2.75, 3.05) is 13.7 Å². The van der Waals surface area contributed by atoms with E-state index in [1.165, 1.54) is 11.8 Å². The highest BCUT2D eigenvalue weighted by Gasteiger charge is 2.24. The van der Waals surface area contributed by atoms with Crippen LogP contribution in [0, 0.1) is 5.92 Å². The summed E-state index contributed by atoms with van der Waals surface area (Å²) in [5.74, 6) is 0.507. The largest absolute Gasteiger partial charge is 0.497 e. The molecule has 0 radical (unpaired) electrons. The number of carbonyl (C=O) groups is 2. The predicted molar refractivity (Wildman–Crippen MR) is 104 cm³/mol. The van der Waals surface area contributed by atoms with Gasteiger partial charge in [-0.15, -0.1) is 0 Å². The van der Waals surface area contributed by atoms with Crippen molar-refractivity contribution in [3.63, 3.8) is 0 Å². The summed E-state index contributed by atoms with van der Waals surface area (Å²) in [6.45, 7) is 5.74. The van der Waals surface area contributed by atoms with Crippen molar-refractivity contribution >= 4 is 22.6 Å². The van der Waals surface area contributed by atoms with E-state index in [0.29, 0.717) is 25.3 Å². The van der Waals surface area contributed by atoms with Crippen LogP contribution in [0.15, 0.2) is 36.4 Å². The van der Waals surface area contributed by atoms with Crippen LogP contribution in [-0.4, -0.2) is 36.4 Å². The molecule has 2 amide bonds. The minimum absolute atomic E-state index is 0.271. The van der Waals surface area contributed by atoms with E-state index in [1.807, 2.05) is 50.2 Å². The highest BCUT2D eigenvalue weighted by molar-refractivity contribution is 5.97. The molecule has 0 aromatic heterocycles. The van der Waals surface area contributed by atoms with Crippen LogP contribution < -0.4 is 10.5 Å². The summed E-state index contributed by atoms with van der Waals surface area (Å²) in [5.41, 5.74) is 7.06. The van der Waals surface area contributed by atoms with Crippen LogP contribution in [0.4, 0.5) is 0 Å². The molecule has 0 bridgehead atoms. The van der Waals surface area contributed by atoms with Gasteiger partial charge in [-0.3, -0.25) is 14.5 Å². The molecule has 0 spiro atoms. The number of carbonyl (C=O) groups excluding carboxylic acids is 2. The molecule has 2 aromatic rings. The van der Waals surface area contributed by atoms with Gasteiger partial charge in [0.1, 0.15) is 5.75 Å². The molecule has 0 aliphatic heterocycles. The Balaban J connectivity index is 2.20. The number of nitrogens with zero attached hydrogens (tertiary/aromatic N) is 1. The summed E-state index contributed by atoms with van der Waals surface area (Å²) in [7, 11) is 1.63. The molecule has 0 heterocycles. The van der Waals surface area contributed by atoms with E-state index in [0.717, 1.165) is 22.1 Å². The van der Waals surface area contributed by atoms with Gasteiger partial charge >= 0.3 is 0 Å². The lowest BCUT2D eigenvalue weighted by molar-refractivity contribution is -0.144. The Morgan fingerprint density at radius 3 is 2.54 bits per heavy atom. The minimum atomic E-state index is -0.647. The van der Waals surface area contributed by atoms with Gasteiger partial charge in [-0.2, -0.15) is 0 Å². The normalized spacial score (nSPS) is 12.2. The highest BCUT2D eigenvalue weighted by Crippen LogP contribution is 2.24. The maximum atomic E-state index is 12.6. The van der Waals surface area contributed by atoms with Crippen molar-refractivity contribution in [1.29, 1.82) is 0 Å². The van der Waals surface area contributed by atoms with E-state index in [1.54, 1.807) is 7.11 Å². The molecule has 1 unspecified atom stereocenters. The summed E-state index contributed by atoms with van der Waals surface area (Å²) in [6, 6.07) is 11.3. The Hall–Kier alpha value is -2.40. The lowest BCUT2D eigenvalue weighted by Crippen LogP contribution is -2.47.